The van der Waals surface area contributed by atoms with E-state index in [0.717, 1.165) is 17.5 Å². The number of aryl methyl sites for hydroxylation is 1. The van der Waals surface area contributed by atoms with Gasteiger partial charge in [-0.05, 0) is 52.9 Å². The average Bonchev–Trinajstić information content (AvgIpc) is 3.01. The highest BCUT2D eigenvalue weighted by Crippen LogP contribution is 2.29. The molecule has 1 aliphatic heterocycles. The van der Waals surface area contributed by atoms with Crippen molar-refractivity contribution in [2.24, 2.45) is 0 Å². The SMILES string of the molecule is O=C(CCc1ccccc1)Cc1ccc(NC(=O)c2ccccc2-c2ccccc2C(=O)N2CCOCC2)cc1. The number of rotatable bonds is 9. The number of anilines is 1. The first kappa shape index (κ1) is 27.0. The normalized spacial score (nSPS) is 13.1. The van der Waals surface area contributed by atoms with Gasteiger partial charge in [-0.3, -0.25) is 14.4 Å². The van der Waals surface area contributed by atoms with E-state index in [1.807, 2.05) is 97.1 Å². The molecule has 4 aromatic carbocycles. The molecule has 0 atom stereocenters. The molecule has 0 spiro atoms. The number of ether oxygens (including phenoxy) is 1. The van der Waals surface area contributed by atoms with E-state index >= 15 is 0 Å². The molecule has 5 rings (SSSR count). The number of morpholine rings is 1. The molecule has 0 aromatic heterocycles. The van der Waals surface area contributed by atoms with Crippen molar-refractivity contribution in [1.29, 1.82) is 0 Å². The van der Waals surface area contributed by atoms with Gasteiger partial charge in [-0.25, -0.2) is 0 Å². The molecule has 0 radical (unpaired) electrons. The average molecular weight is 533 g/mol. The van der Waals surface area contributed by atoms with Gasteiger partial charge in [-0.2, -0.15) is 0 Å². The van der Waals surface area contributed by atoms with E-state index in [1.165, 1.54) is 0 Å². The van der Waals surface area contributed by atoms with Crippen LogP contribution >= 0.6 is 0 Å². The van der Waals surface area contributed by atoms with Crippen LogP contribution in [0, 0.1) is 0 Å². The Morgan fingerprint density at radius 2 is 1.27 bits per heavy atom. The molecule has 6 heteroatoms. The Morgan fingerprint density at radius 1 is 0.675 bits per heavy atom. The van der Waals surface area contributed by atoms with Gasteiger partial charge >= 0.3 is 0 Å². The van der Waals surface area contributed by atoms with Gasteiger partial charge in [0.2, 0.25) is 0 Å². The van der Waals surface area contributed by atoms with Crippen molar-refractivity contribution < 1.29 is 19.1 Å². The lowest BCUT2D eigenvalue weighted by atomic mass is 9.94. The Bertz CT molecular complexity index is 1480. The molecule has 1 fully saturated rings. The third kappa shape index (κ3) is 6.71. The van der Waals surface area contributed by atoms with Crippen molar-refractivity contribution in [3.63, 3.8) is 0 Å². The van der Waals surface area contributed by atoms with E-state index in [1.54, 1.807) is 11.0 Å². The topological polar surface area (TPSA) is 75.7 Å². The summed E-state index contributed by atoms with van der Waals surface area (Å²) in [5.41, 5.74) is 5.15. The van der Waals surface area contributed by atoms with E-state index in [-0.39, 0.29) is 17.6 Å². The minimum absolute atomic E-state index is 0.0667. The summed E-state index contributed by atoms with van der Waals surface area (Å²) in [5.74, 6) is -0.154. The van der Waals surface area contributed by atoms with Crippen LogP contribution in [0.1, 0.15) is 38.3 Å². The number of Topliss-reactive ketones (excluding diaryl/α,β-unsaturated/α-hetero) is 1. The first-order chi connectivity index (χ1) is 19.6. The quantitative estimate of drug-likeness (QED) is 0.295. The number of nitrogens with zero attached hydrogens (tertiary/aromatic N) is 1. The summed E-state index contributed by atoms with van der Waals surface area (Å²) in [4.78, 5) is 41.0. The molecule has 4 aromatic rings. The molecule has 202 valence electrons. The monoisotopic (exact) mass is 532 g/mol. The van der Waals surface area contributed by atoms with E-state index in [2.05, 4.69) is 5.32 Å². The number of ketones is 1. The largest absolute Gasteiger partial charge is 0.378 e. The summed E-state index contributed by atoms with van der Waals surface area (Å²) < 4.78 is 5.40. The number of benzene rings is 4. The fraction of sp³-hybridized carbons (Fsp3) is 0.206. The fourth-order valence-corrected chi connectivity index (χ4v) is 4.91. The lowest BCUT2D eigenvalue weighted by molar-refractivity contribution is -0.118. The highest BCUT2D eigenvalue weighted by Gasteiger charge is 2.23. The van der Waals surface area contributed by atoms with Crippen LogP contribution in [-0.2, 0) is 22.4 Å². The molecule has 2 amide bonds. The zero-order valence-corrected chi connectivity index (χ0v) is 22.3. The molecule has 0 aliphatic carbocycles. The second-order valence-electron chi connectivity index (χ2n) is 9.85. The van der Waals surface area contributed by atoms with Crippen molar-refractivity contribution in [3.05, 3.63) is 125 Å². The van der Waals surface area contributed by atoms with Gasteiger partial charge in [0, 0.05) is 42.7 Å². The van der Waals surface area contributed by atoms with Crippen molar-refractivity contribution in [2.75, 3.05) is 31.6 Å². The Kier molecular flexibility index (Phi) is 8.79. The van der Waals surface area contributed by atoms with Crippen molar-refractivity contribution in [2.45, 2.75) is 19.3 Å². The van der Waals surface area contributed by atoms with Crippen LogP contribution in [-0.4, -0.2) is 48.8 Å². The van der Waals surface area contributed by atoms with Gasteiger partial charge in [0.05, 0.1) is 13.2 Å². The van der Waals surface area contributed by atoms with Crippen LogP contribution in [0.25, 0.3) is 11.1 Å². The number of carbonyl (C=O) groups excluding carboxylic acids is 3. The minimum Gasteiger partial charge on any atom is -0.378 e. The lowest BCUT2D eigenvalue weighted by Crippen LogP contribution is -2.40. The maximum absolute atomic E-state index is 13.4. The molecule has 1 N–H and O–H groups in total. The summed E-state index contributed by atoms with van der Waals surface area (Å²) in [5, 5.41) is 2.97. The van der Waals surface area contributed by atoms with Crippen molar-refractivity contribution >= 4 is 23.3 Å². The van der Waals surface area contributed by atoms with Crippen molar-refractivity contribution in [1.82, 2.24) is 4.90 Å². The molecular weight excluding hydrogens is 500 g/mol. The number of nitrogens with one attached hydrogen (secondary N) is 1. The zero-order chi connectivity index (χ0) is 27.7. The standard InChI is InChI=1S/C34H32N2O4/c37-28(19-16-25-8-2-1-3-9-25)24-26-14-17-27(18-15-26)35-33(38)31-12-6-4-10-29(31)30-11-5-7-13-32(30)34(39)36-20-22-40-23-21-36/h1-15,17-18H,16,19-24H2,(H,35,38). The van der Waals surface area contributed by atoms with Gasteiger partial charge in [0.25, 0.3) is 11.8 Å². The zero-order valence-electron chi connectivity index (χ0n) is 22.3. The summed E-state index contributed by atoms with van der Waals surface area (Å²) in [6.45, 7) is 2.13. The molecule has 40 heavy (non-hydrogen) atoms. The Hall–Kier alpha value is -4.55. The van der Waals surface area contributed by atoms with Gasteiger partial charge in [0.1, 0.15) is 5.78 Å². The maximum Gasteiger partial charge on any atom is 0.256 e. The van der Waals surface area contributed by atoms with Crippen LogP contribution < -0.4 is 5.32 Å². The fourth-order valence-electron chi connectivity index (χ4n) is 4.91. The summed E-state index contributed by atoms with van der Waals surface area (Å²) in [6.07, 6.45) is 1.58. The number of hydrogen-bond acceptors (Lipinski definition) is 4. The third-order valence-electron chi connectivity index (χ3n) is 7.07. The summed E-state index contributed by atoms with van der Waals surface area (Å²) in [6, 6.07) is 32.1. The van der Waals surface area contributed by atoms with Gasteiger partial charge < -0.3 is 15.0 Å². The second kappa shape index (κ2) is 13.0. The van der Waals surface area contributed by atoms with Crippen LogP contribution in [0.4, 0.5) is 5.69 Å². The Labute approximate surface area is 234 Å². The van der Waals surface area contributed by atoms with Gasteiger partial charge in [-0.1, -0.05) is 78.9 Å². The van der Waals surface area contributed by atoms with Crippen LogP contribution in [0.3, 0.4) is 0 Å². The van der Waals surface area contributed by atoms with Crippen LogP contribution in [0.2, 0.25) is 0 Å². The van der Waals surface area contributed by atoms with Gasteiger partial charge in [-0.15, -0.1) is 0 Å². The number of carbonyl (C=O) groups is 3. The summed E-state index contributed by atoms with van der Waals surface area (Å²) >= 11 is 0. The lowest BCUT2D eigenvalue weighted by Gasteiger charge is -2.27. The predicted octanol–water partition coefficient (Wildman–Crippen LogP) is 5.82. The highest BCUT2D eigenvalue weighted by molar-refractivity contribution is 6.11. The number of amides is 2. The molecule has 0 unspecified atom stereocenters. The Morgan fingerprint density at radius 3 is 1.98 bits per heavy atom. The molecule has 0 saturated carbocycles. The molecule has 1 aliphatic rings. The predicted molar refractivity (Wildman–Crippen MR) is 156 cm³/mol. The van der Waals surface area contributed by atoms with E-state index < -0.39 is 0 Å². The van der Waals surface area contributed by atoms with Crippen LogP contribution in [0.5, 0.6) is 0 Å². The Balaban J connectivity index is 1.27. The molecule has 0 bridgehead atoms. The number of hydrogen-bond donors (Lipinski definition) is 1. The third-order valence-corrected chi connectivity index (χ3v) is 7.07. The smallest absolute Gasteiger partial charge is 0.256 e. The second-order valence-corrected chi connectivity index (χ2v) is 9.85. The van der Waals surface area contributed by atoms with E-state index in [4.69, 9.17) is 4.74 Å². The van der Waals surface area contributed by atoms with E-state index in [0.29, 0.717) is 67.1 Å². The van der Waals surface area contributed by atoms with E-state index in [9.17, 15) is 14.4 Å². The summed E-state index contributed by atoms with van der Waals surface area (Å²) in [7, 11) is 0. The first-order valence-corrected chi connectivity index (χ1v) is 13.6. The molecule has 1 saturated heterocycles. The first-order valence-electron chi connectivity index (χ1n) is 13.6. The van der Waals surface area contributed by atoms with Gasteiger partial charge in [0.15, 0.2) is 0 Å². The molecule has 6 nitrogen and oxygen atoms in total. The van der Waals surface area contributed by atoms with Crippen LogP contribution in [0.15, 0.2) is 103 Å². The molecule has 1 heterocycles. The minimum atomic E-state index is -0.268. The highest BCUT2D eigenvalue weighted by atomic mass is 16.5. The van der Waals surface area contributed by atoms with Crippen molar-refractivity contribution in [3.8, 4) is 11.1 Å². The molecular formula is C34H32N2O4. The maximum atomic E-state index is 13.4.